The fourth-order valence-corrected chi connectivity index (χ4v) is 3.87. The predicted molar refractivity (Wildman–Crippen MR) is 91.7 cm³/mol. The number of hydrogen-bond acceptors (Lipinski definition) is 4. The first-order valence-corrected chi connectivity index (χ1v) is 8.51. The van der Waals surface area contributed by atoms with Crippen LogP contribution in [0.1, 0.15) is 29.9 Å². The Morgan fingerprint density at radius 1 is 1.12 bits per heavy atom. The van der Waals surface area contributed by atoms with Crippen LogP contribution in [0.15, 0.2) is 42.9 Å². The number of aryl methyl sites for hydroxylation is 1. The van der Waals surface area contributed by atoms with Crippen LogP contribution < -0.4 is 0 Å². The largest absolute Gasteiger partial charge is 0.390 e. The summed E-state index contributed by atoms with van der Waals surface area (Å²) < 4.78 is 29.8. The van der Waals surface area contributed by atoms with E-state index in [1.165, 1.54) is 30.6 Å². The molecule has 0 radical (unpaired) electrons. The van der Waals surface area contributed by atoms with Gasteiger partial charge in [0.15, 0.2) is 0 Å². The maximum Gasteiger partial charge on any atom is 0.143 e. The summed E-state index contributed by atoms with van der Waals surface area (Å²) >= 11 is 0. The number of alkyl halides is 1. The highest BCUT2D eigenvalue weighted by Crippen LogP contribution is 2.44. The Balaban J connectivity index is 1.65. The second-order valence-corrected chi connectivity index (χ2v) is 6.82. The molecule has 0 amide bonds. The highest BCUT2D eigenvalue weighted by Gasteiger charge is 2.46. The Kier molecular flexibility index (Phi) is 4.20. The lowest BCUT2D eigenvalue weighted by molar-refractivity contribution is -0.00972. The van der Waals surface area contributed by atoms with Crippen molar-refractivity contribution in [2.24, 2.45) is 5.92 Å². The van der Waals surface area contributed by atoms with E-state index >= 15 is 0 Å². The van der Waals surface area contributed by atoms with Crippen LogP contribution >= 0.6 is 0 Å². The van der Waals surface area contributed by atoms with Gasteiger partial charge in [-0.15, -0.1) is 0 Å². The van der Waals surface area contributed by atoms with Crippen LogP contribution in [0.3, 0.4) is 0 Å². The van der Waals surface area contributed by atoms with Crippen molar-refractivity contribution in [3.63, 3.8) is 0 Å². The minimum absolute atomic E-state index is 0.244. The summed E-state index contributed by atoms with van der Waals surface area (Å²) in [6.45, 7) is 1.86. The second-order valence-electron chi connectivity index (χ2n) is 6.82. The molecule has 7 heteroatoms. The molecule has 0 saturated heterocycles. The normalized spacial score (nSPS) is 27.1. The van der Waals surface area contributed by atoms with Gasteiger partial charge in [0.25, 0.3) is 0 Å². The lowest BCUT2D eigenvalue weighted by atomic mass is 9.93. The molecule has 2 heterocycles. The standard InChI is InChI=1S/C19H19F2N3O2/c1-10-13-6-7-24(19(13)23-9-22-10)15-8-14(17(25)18(15)26)16(21)11-2-4-12(20)5-3-11/h2-7,9,14-18,25-26H,8H2,1H3/t14-,15-,16-,17-,18+/m1/s1. The molecule has 1 fully saturated rings. The first-order valence-electron chi connectivity index (χ1n) is 8.51. The van der Waals surface area contributed by atoms with Crippen LogP contribution in [0.2, 0.25) is 0 Å². The molecule has 1 aromatic carbocycles. The molecule has 2 aromatic heterocycles. The molecular formula is C19H19F2N3O2. The van der Waals surface area contributed by atoms with E-state index in [1.54, 1.807) is 10.8 Å². The predicted octanol–water partition coefficient (Wildman–Crippen LogP) is 2.87. The van der Waals surface area contributed by atoms with Crippen LogP contribution in [-0.4, -0.2) is 37.0 Å². The van der Waals surface area contributed by atoms with E-state index in [9.17, 15) is 19.0 Å². The fourth-order valence-electron chi connectivity index (χ4n) is 3.87. The van der Waals surface area contributed by atoms with E-state index in [4.69, 9.17) is 0 Å². The zero-order valence-corrected chi connectivity index (χ0v) is 14.1. The third-order valence-electron chi connectivity index (χ3n) is 5.33. The maximum absolute atomic E-state index is 15.0. The second kappa shape index (κ2) is 6.41. The third-order valence-corrected chi connectivity index (χ3v) is 5.33. The smallest absolute Gasteiger partial charge is 0.143 e. The molecular weight excluding hydrogens is 340 g/mol. The molecule has 0 unspecified atom stereocenters. The van der Waals surface area contributed by atoms with Gasteiger partial charge in [0.2, 0.25) is 0 Å². The van der Waals surface area contributed by atoms with E-state index < -0.39 is 36.2 Å². The van der Waals surface area contributed by atoms with Gasteiger partial charge < -0.3 is 14.8 Å². The monoisotopic (exact) mass is 359 g/mol. The van der Waals surface area contributed by atoms with Gasteiger partial charge in [-0.3, -0.25) is 0 Å². The van der Waals surface area contributed by atoms with Crippen molar-refractivity contribution < 1.29 is 19.0 Å². The SMILES string of the molecule is Cc1ncnc2c1ccn2[C@@H]1C[C@H]([C@H](F)c2ccc(F)cc2)[C@@H](O)[C@H]1O. The molecule has 136 valence electrons. The highest BCUT2D eigenvalue weighted by atomic mass is 19.1. The van der Waals surface area contributed by atoms with E-state index in [0.717, 1.165) is 11.1 Å². The van der Waals surface area contributed by atoms with Gasteiger partial charge in [-0.05, 0) is 37.1 Å². The minimum atomic E-state index is -1.50. The van der Waals surface area contributed by atoms with E-state index in [2.05, 4.69) is 9.97 Å². The summed E-state index contributed by atoms with van der Waals surface area (Å²) in [5, 5.41) is 21.8. The number of rotatable bonds is 3. The van der Waals surface area contributed by atoms with Crippen molar-refractivity contribution >= 4 is 11.0 Å². The lowest BCUT2D eigenvalue weighted by Crippen LogP contribution is -2.30. The number of benzene rings is 1. The van der Waals surface area contributed by atoms with Gasteiger partial charge in [-0.2, -0.15) is 0 Å². The van der Waals surface area contributed by atoms with Crippen molar-refractivity contribution in [1.82, 2.24) is 14.5 Å². The number of halogens is 2. The Bertz CT molecular complexity index is 928. The molecule has 5 nitrogen and oxygen atoms in total. The molecule has 3 aromatic rings. The molecule has 4 rings (SSSR count). The van der Waals surface area contributed by atoms with Gasteiger partial charge in [0.05, 0.1) is 17.8 Å². The Labute approximate surface area is 148 Å². The number of aromatic nitrogens is 3. The van der Waals surface area contributed by atoms with Crippen LogP contribution in [0.4, 0.5) is 8.78 Å². The third kappa shape index (κ3) is 2.68. The number of nitrogens with zero attached hydrogens (tertiary/aromatic N) is 3. The zero-order chi connectivity index (χ0) is 18.4. The Morgan fingerprint density at radius 2 is 1.85 bits per heavy atom. The summed E-state index contributed by atoms with van der Waals surface area (Å²) in [4.78, 5) is 8.41. The van der Waals surface area contributed by atoms with Gasteiger partial charge in [-0.1, -0.05) is 12.1 Å². The molecule has 1 saturated carbocycles. The topological polar surface area (TPSA) is 71.2 Å². The van der Waals surface area contributed by atoms with Gasteiger partial charge in [0, 0.05) is 17.5 Å². The fraction of sp³-hybridized carbons (Fsp3) is 0.368. The van der Waals surface area contributed by atoms with Crippen molar-refractivity contribution in [3.05, 3.63) is 59.9 Å². The van der Waals surface area contributed by atoms with Crippen molar-refractivity contribution in [2.45, 2.75) is 37.8 Å². The molecule has 1 aliphatic rings. The lowest BCUT2D eigenvalue weighted by Gasteiger charge is -2.20. The molecule has 0 spiro atoms. The maximum atomic E-state index is 15.0. The Hall–Kier alpha value is -2.38. The van der Waals surface area contributed by atoms with Crippen LogP contribution in [0.25, 0.3) is 11.0 Å². The molecule has 0 bridgehead atoms. The number of hydrogen-bond donors (Lipinski definition) is 2. The van der Waals surface area contributed by atoms with Crippen molar-refractivity contribution in [2.75, 3.05) is 0 Å². The summed E-state index contributed by atoms with van der Waals surface area (Å²) in [7, 11) is 0. The molecule has 5 atom stereocenters. The molecule has 0 aliphatic heterocycles. The van der Waals surface area contributed by atoms with Crippen molar-refractivity contribution in [3.8, 4) is 0 Å². The van der Waals surface area contributed by atoms with E-state index in [-0.39, 0.29) is 6.42 Å². The quantitative estimate of drug-likeness (QED) is 0.754. The van der Waals surface area contributed by atoms with Crippen molar-refractivity contribution in [1.29, 1.82) is 0 Å². The molecule has 2 N–H and O–H groups in total. The number of aliphatic hydroxyl groups excluding tert-OH is 2. The summed E-state index contributed by atoms with van der Waals surface area (Å²) in [5.74, 6) is -1.24. The molecule has 26 heavy (non-hydrogen) atoms. The number of aliphatic hydroxyl groups is 2. The average molecular weight is 359 g/mol. The summed E-state index contributed by atoms with van der Waals surface area (Å²) in [5.41, 5.74) is 1.75. The van der Waals surface area contributed by atoms with Gasteiger partial charge in [-0.25, -0.2) is 18.7 Å². The van der Waals surface area contributed by atoms with Crippen LogP contribution in [0.5, 0.6) is 0 Å². The van der Waals surface area contributed by atoms with Crippen LogP contribution in [-0.2, 0) is 0 Å². The van der Waals surface area contributed by atoms with Crippen LogP contribution in [0, 0.1) is 18.7 Å². The Morgan fingerprint density at radius 3 is 2.58 bits per heavy atom. The summed E-state index contributed by atoms with van der Waals surface area (Å²) in [6, 6.07) is 6.47. The number of fused-ring (bicyclic) bond motifs is 1. The van der Waals surface area contributed by atoms with E-state index in [1.807, 2.05) is 13.0 Å². The first kappa shape index (κ1) is 17.1. The summed E-state index contributed by atoms with van der Waals surface area (Å²) in [6.07, 6.45) is -0.373. The van der Waals surface area contributed by atoms with E-state index in [0.29, 0.717) is 11.2 Å². The molecule has 1 aliphatic carbocycles. The first-order chi connectivity index (χ1) is 12.5. The zero-order valence-electron chi connectivity index (χ0n) is 14.1. The highest BCUT2D eigenvalue weighted by molar-refractivity contribution is 5.78. The van der Waals surface area contributed by atoms with Gasteiger partial charge >= 0.3 is 0 Å². The average Bonchev–Trinajstić information content (AvgIpc) is 3.18. The minimum Gasteiger partial charge on any atom is -0.390 e. The van der Waals surface area contributed by atoms with Gasteiger partial charge in [0.1, 0.15) is 30.1 Å².